The lowest BCUT2D eigenvalue weighted by Crippen LogP contribution is -2.41. The molecule has 2 heterocycles. The fourth-order valence-electron chi connectivity index (χ4n) is 6.23. The molecule has 1 aromatic heterocycles. The van der Waals surface area contributed by atoms with Crippen LogP contribution in [0.15, 0.2) is 54.7 Å². The van der Waals surface area contributed by atoms with Gasteiger partial charge in [0, 0.05) is 69.4 Å². The molecule has 2 N–H and O–H groups in total. The third-order valence-electron chi connectivity index (χ3n) is 8.78. The summed E-state index contributed by atoms with van der Waals surface area (Å²) in [5.74, 6) is 1.85. The molecule has 2 aliphatic rings. The van der Waals surface area contributed by atoms with Crippen molar-refractivity contribution in [3.8, 4) is 11.5 Å². The summed E-state index contributed by atoms with van der Waals surface area (Å²) in [5, 5.41) is 14.5. The van der Waals surface area contributed by atoms with E-state index < -0.39 is 6.10 Å². The molecule has 0 spiro atoms. The van der Waals surface area contributed by atoms with Gasteiger partial charge in [0.1, 0.15) is 17.2 Å². The molecular weight excluding hydrogens is 558 g/mol. The van der Waals surface area contributed by atoms with Gasteiger partial charge in [-0.05, 0) is 55.4 Å². The van der Waals surface area contributed by atoms with Crippen LogP contribution in [0.5, 0.6) is 11.5 Å². The number of methoxy groups -OCH3 is 2. The quantitative estimate of drug-likeness (QED) is 0.281. The van der Waals surface area contributed by atoms with Gasteiger partial charge in [-0.2, -0.15) is 0 Å². The number of carbonyl (C=O) groups is 2. The smallest absolute Gasteiger partial charge is 0.223 e. The molecule has 1 saturated heterocycles. The fraction of sp³-hybridized carbons (Fsp3) is 0.471. The van der Waals surface area contributed by atoms with Gasteiger partial charge < -0.3 is 24.8 Å². The molecule has 1 aliphatic carbocycles. The summed E-state index contributed by atoms with van der Waals surface area (Å²) >= 11 is 0. The van der Waals surface area contributed by atoms with Crippen molar-refractivity contribution in [1.82, 2.24) is 19.8 Å². The predicted molar refractivity (Wildman–Crippen MR) is 168 cm³/mol. The van der Waals surface area contributed by atoms with E-state index >= 15 is 0 Å². The van der Waals surface area contributed by atoms with Crippen molar-refractivity contribution in [2.45, 2.75) is 70.2 Å². The zero-order chi connectivity index (χ0) is 31.1. The van der Waals surface area contributed by atoms with Crippen LogP contribution in [-0.2, 0) is 24.2 Å². The Hall–Kier alpha value is -4.02. The van der Waals surface area contributed by atoms with Gasteiger partial charge in [0.2, 0.25) is 11.9 Å². The van der Waals surface area contributed by atoms with E-state index in [1.807, 2.05) is 23.1 Å². The first kappa shape index (κ1) is 31.4. The van der Waals surface area contributed by atoms with E-state index in [0.29, 0.717) is 44.2 Å². The highest BCUT2D eigenvalue weighted by Crippen LogP contribution is 2.30. The largest absolute Gasteiger partial charge is 0.497 e. The molecule has 1 atom stereocenters. The molecule has 234 valence electrons. The van der Waals surface area contributed by atoms with Gasteiger partial charge in [-0.25, -0.2) is 9.97 Å². The number of rotatable bonds is 13. The molecule has 10 nitrogen and oxygen atoms in total. The van der Waals surface area contributed by atoms with Crippen LogP contribution in [0.4, 0.5) is 5.95 Å². The maximum atomic E-state index is 13.1. The SMILES string of the molecule is COc1ccc(CN(CC(O)CCC(=O)c2ccnc(NC3CCN(C(C)=O)CC3)n2)C2Cc3ccccc3C2)c(OC)c1. The lowest BCUT2D eigenvalue weighted by molar-refractivity contribution is -0.129. The Kier molecular flexibility index (Phi) is 10.4. The van der Waals surface area contributed by atoms with Crippen molar-refractivity contribution >= 4 is 17.6 Å². The maximum Gasteiger partial charge on any atom is 0.223 e. The number of Topliss-reactive ketones (excluding diaryl/α,β-unsaturated/α-hetero) is 1. The normalized spacial score (nSPS) is 16.1. The van der Waals surface area contributed by atoms with Gasteiger partial charge in [-0.3, -0.25) is 14.5 Å². The number of hydrogen-bond acceptors (Lipinski definition) is 9. The first-order chi connectivity index (χ1) is 21.3. The minimum Gasteiger partial charge on any atom is -0.497 e. The molecule has 1 unspecified atom stereocenters. The number of likely N-dealkylation sites (tertiary alicyclic amines) is 1. The van der Waals surface area contributed by atoms with Crippen LogP contribution in [0, 0.1) is 0 Å². The minimum absolute atomic E-state index is 0.0893. The van der Waals surface area contributed by atoms with Gasteiger partial charge in [-0.15, -0.1) is 0 Å². The van der Waals surface area contributed by atoms with Gasteiger partial charge >= 0.3 is 0 Å². The molecule has 3 aromatic rings. The van der Waals surface area contributed by atoms with Gasteiger partial charge in [0.05, 0.1) is 20.3 Å². The molecule has 0 bridgehead atoms. The van der Waals surface area contributed by atoms with Crippen LogP contribution >= 0.6 is 0 Å². The van der Waals surface area contributed by atoms with E-state index in [0.717, 1.165) is 42.7 Å². The van der Waals surface area contributed by atoms with Crippen molar-refractivity contribution < 1.29 is 24.2 Å². The van der Waals surface area contributed by atoms with E-state index in [1.54, 1.807) is 33.4 Å². The summed E-state index contributed by atoms with van der Waals surface area (Å²) in [5.41, 5.74) is 4.03. The third kappa shape index (κ3) is 7.92. The van der Waals surface area contributed by atoms with Crippen molar-refractivity contribution in [2.24, 2.45) is 0 Å². The molecule has 2 aromatic carbocycles. The van der Waals surface area contributed by atoms with E-state index in [1.165, 1.54) is 11.1 Å². The lowest BCUT2D eigenvalue weighted by atomic mass is 10.0. The molecule has 1 aliphatic heterocycles. The van der Waals surface area contributed by atoms with Crippen molar-refractivity contribution in [1.29, 1.82) is 0 Å². The minimum atomic E-state index is -0.696. The number of anilines is 1. The Morgan fingerprint density at radius 1 is 1.07 bits per heavy atom. The number of ketones is 1. The number of hydrogen-bond donors (Lipinski definition) is 2. The van der Waals surface area contributed by atoms with Crippen molar-refractivity contribution in [3.63, 3.8) is 0 Å². The number of ether oxygens (including phenoxy) is 2. The second kappa shape index (κ2) is 14.6. The van der Waals surface area contributed by atoms with Crippen LogP contribution < -0.4 is 14.8 Å². The molecule has 5 rings (SSSR count). The molecular formula is C34H43N5O5. The van der Waals surface area contributed by atoms with Crippen LogP contribution in [0.25, 0.3) is 0 Å². The van der Waals surface area contributed by atoms with E-state index in [4.69, 9.17) is 9.47 Å². The first-order valence-corrected chi connectivity index (χ1v) is 15.4. The number of benzene rings is 2. The summed E-state index contributed by atoms with van der Waals surface area (Å²) in [6, 6.07) is 16.3. The average Bonchev–Trinajstić information content (AvgIpc) is 3.48. The monoisotopic (exact) mass is 601 g/mol. The van der Waals surface area contributed by atoms with Crippen LogP contribution in [-0.4, -0.2) is 88.6 Å². The van der Waals surface area contributed by atoms with Crippen molar-refractivity contribution in [2.75, 3.05) is 39.2 Å². The predicted octanol–water partition coefficient (Wildman–Crippen LogP) is 3.91. The summed E-state index contributed by atoms with van der Waals surface area (Å²) in [4.78, 5) is 37.6. The Morgan fingerprint density at radius 2 is 1.80 bits per heavy atom. The lowest BCUT2D eigenvalue weighted by Gasteiger charge is -2.31. The molecule has 44 heavy (non-hydrogen) atoms. The number of fused-ring (bicyclic) bond motifs is 1. The number of aliphatic hydroxyl groups excluding tert-OH is 1. The third-order valence-corrected chi connectivity index (χ3v) is 8.78. The fourth-order valence-corrected chi connectivity index (χ4v) is 6.23. The standard InChI is InChI=1S/C34H43N5O5/c1-23(40)38-16-13-27(14-17-38)36-34-35-15-12-31(37-34)32(42)11-9-29(41)22-39(28-18-24-6-4-5-7-25(24)19-28)21-26-8-10-30(43-2)20-33(26)44-3/h4-8,10,12,15,20,27-29,41H,9,11,13-14,16-19,21-22H2,1-3H3,(H,35,36,37). The van der Waals surface area contributed by atoms with Crippen LogP contribution in [0.3, 0.4) is 0 Å². The molecule has 1 amide bonds. The average molecular weight is 602 g/mol. The highest BCUT2D eigenvalue weighted by molar-refractivity contribution is 5.94. The Labute approximate surface area is 259 Å². The van der Waals surface area contributed by atoms with Gasteiger partial charge in [-0.1, -0.05) is 30.3 Å². The number of nitrogens with one attached hydrogen (secondary N) is 1. The zero-order valence-electron chi connectivity index (χ0n) is 25.9. The number of nitrogens with zero attached hydrogens (tertiary/aromatic N) is 4. The number of aliphatic hydroxyl groups is 1. The second-order valence-electron chi connectivity index (χ2n) is 11.7. The van der Waals surface area contributed by atoms with Crippen molar-refractivity contribution in [3.05, 3.63) is 77.1 Å². The van der Waals surface area contributed by atoms with Crippen LogP contribution in [0.1, 0.15) is 59.8 Å². The molecule has 1 fully saturated rings. The highest BCUT2D eigenvalue weighted by Gasteiger charge is 2.29. The number of piperidine rings is 1. The number of amides is 1. The summed E-state index contributed by atoms with van der Waals surface area (Å²) in [7, 11) is 3.29. The maximum absolute atomic E-state index is 13.1. The topological polar surface area (TPSA) is 117 Å². The summed E-state index contributed by atoms with van der Waals surface area (Å²) < 4.78 is 11.1. The Balaban J connectivity index is 1.20. The molecule has 0 radical (unpaired) electrons. The van der Waals surface area contributed by atoms with E-state index in [2.05, 4.69) is 44.5 Å². The summed E-state index contributed by atoms with van der Waals surface area (Å²) in [6.45, 7) is 4.00. The first-order valence-electron chi connectivity index (χ1n) is 15.4. The summed E-state index contributed by atoms with van der Waals surface area (Å²) in [6.07, 6.45) is 4.82. The van der Waals surface area contributed by atoms with E-state index in [9.17, 15) is 14.7 Å². The van der Waals surface area contributed by atoms with Gasteiger partial charge in [0.25, 0.3) is 0 Å². The Morgan fingerprint density at radius 3 is 2.45 bits per heavy atom. The van der Waals surface area contributed by atoms with Gasteiger partial charge in [0.15, 0.2) is 5.78 Å². The number of aromatic nitrogens is 2. The zero-order valence-corrected chi connectivity index (χ0v) is 25.9. The van der Waals surface area contributed by atoms with E-state index in [-0.39, 0.29) is 30.2 Å². The Bertz CT molecular complexity index is 1420. The van der Waals surface area contributed by atoms with Crippen LogP contribution in [0.2, 0.25) is 0 Å². The highest BCUT2D eigenvalue weighted by atomic mass is 16.5. The molecule has 0 saturated carbocycles. The number of carbonyl (C=O) groups excluding carboxylic acids is 2. The second-order valence-corrected chi connectivity index (χ2v) is 11.7. The molecule has 10 heteroatoms.